The Hall–Kier alpha value is -2.45. The molecule has 114 valence electrons. The highest BCUT2D eigenvalue weighted by Crippen LogP contribution is 2.31. The summed E-state index contributed by atoms with van der Waals surface area (Å²) in [7, 11) is 0. The van der Waals surface area contributed by atoms with Gasteiger partial charge >= 0.3 is 11.9 Å². The third-order valence-corrected chi connectivity index (χ3v) is 2.19. The van der Waals surface area contributed by atoms with Crippen molar-refractivity contribution in [1.82, 2.24) is 5.32 Å². The van der Waals surface area contributed by atoms with Gasteiger partial charge in [0.25, 0.3) is 5.91 Å². The van der Waals surface area contributed by atoms with Crippen LogP contribution < -0.4 is 20.5 Å². The van der Waals surface area contributed by atoms with Crippen molar-refractivity contribution in [2.45, 2.75) is 20.1 Å². The van der Waals surface area contributed by atoms with Gasteiger partial charge in [0.05, 0.1) is 12.1 Å². The molecule has 1 unspecified atom stereocenters. The fourth-order valence-electron chi connectivity index (χ4n) is 1.47. The summed E-state index contributed by atoms with van der Waals surface area (Å²) >= 11 is 0. The molecular weight excluding hydrogens is 280 g/mol. The van der Waals surface area contributed by atoms with E-state index in [1.54, 1.807) is 0 Å². The lowest BCUT2D eigenvalue weighted by atomic mass is 10.1. The molecule has 0 radical (unpaired) electrons. The zero-order chi connectivity index (χ0) is 16.0. The third-order valence-electron chi connectivity index (χ3n) is 2.19. The minimum Gasteiger partial charge on any atom is -0.423 e. The minimum absolute atomic E-state index is 0.0235. The lowest BCUT2D eigenvalue weighted by Gasteiger charge is -2.13. The highest BCUT2D eigenvalue weighted by atomic mass is 16.6. The second-order valence-corrected chi connectivity index (χ2v) is 4.10. The van der Waals surface area contributed by atoms with Crippen molar-refractivity contribution in [3.8, 4) is 11.5 Å². The lowest BCUT2D eigenvalue weighted by Crippen LogP contribution is -2.37. The Kier molecular flexibility index (Phi) is 5.82. The largest absolute Gasteiger partial charge is 0.423 e. The summed E-state index contributed by atoms with van der Waals surface area (Å²) in [5.74, 6) is -2.17. The highest BCUT2D eigenvalue weighted by molar-refractivity contribution is 5.98. The van der Waals surface area contributed by atoms with Crippen LogP contribution in [0.4, 0.5) is 0 Å². The normalized spacial score (nSPS) is 11.4. The molecule has 0 saturated carbocycles. The van der Waals surface area contributed by atoms with Crippen LogP contribution in [0, 0.1) is 0 Å². The summed E-state index contributed by atoms with van der Waals surface area (Å²) in [5.41, 5.74) is 5.10. The molecule has 0 fully saturated rings. The minimum atomic E-state index is -1.22. The lowest BCUT2D eigenvalue weighted by molar-refractivity contribution is -0.134. The molecule has 1 amide bonds. The first-order chi connectivity index (χ1) is 9.81. The summed E-state index contributed by atoms with van der Waals surface area (Å²) in [6.45, 7) is 2.14. The van der Waals surface area contributed by atoms with Crippen LogP contribution in [-0.2, 0) is 9.59 Å². The zero-order valence-electron chi connectivity index (χ0n) is 11.6. The Labute approximate surface area is 120 Å². The van der Waals surface area contributed by atoms with E-state index < -0.39 is 24.1 Å². The van der Waals surface area contributed by atoms with Gasteiger partial charge in [0, 0.05) is 13.8 Å². The van der Waals surface area contributed by atoms with E-state index in [-0.39, 0.29) is 23.6 Å². The average Bonchev–Trinajstić information content (AvgIpc) is 2.36. The fourth-order valence-corrected chi connectivity index (χ4v) is 1.47. The molecule has 0 aromatic heterocycles. The Morgan fingerprint density at radius 1 is 1.24 bits per heavy atom. The van der Waals surface area contributed by atoms with Gasteiger partial charge in [0.15, 0.2) is 11.5 Å². The maximum absolute atomic E-state index is 12.0. The van der Waals surface area contributed by atoms with Gasteiger partial charge in [0.1, 0.15) is 6.23 Å². The average molecular weight is 296 g/mol. The standard InChI is InChI=1S/C13H16N2O6/c1-7(16)20-10-5-3-4-9(12(10)21-8(2)17)13(19)15-6-11(14)18/h3-5,11,18H,6,14H2,1-2H3,(H,15,19). The molecule has 4 N–H and O–H groups in total. The molecule has 0 aliphatic carbocycles. The summed E-state index contributed by atoms with van der Waals surface area (Å²) in [6.07, 6.45) is -1.22. The molecule has 0 heterocycles. The number of benzene rings is 1. The Morgan fingerprint density at radius 3 is 2.38 bits per heavy atom. The molecule has 0 saturated heterocycles. The van der Waals surface area contributed by atoms with Crippen molar-refractivity contribution in [2.75, 3.05) is 6.54 Å². The predicted molar refractivity (Wildman–Crippen MR) is 71.6 cm³/mol. The number of carbonyl (C=O) groups is 3. The van der Waals surface area contributed by atoms with E-state index in [0.29, 0.717) is 0 Å². The van der Waals surface area contributed by atoms with Gasteiger partial charge in [-0.2, -0.15) is 0 Å². The van der Waals surface area contributed by atoms with Gasteiger partial charge in [0.2, 0.25) is 0 Å². The highest BCUT2D eigenvalue weighted by Gasteiger charge is 2.20. The Balaban J connectivity index is 3.14. The number of carbonyl (C=O) groups excluding carboxylic acids is 3. The molecule has 21 heavy (non-hydrogen) atoms. The Morgan fingerprint density at radius 2 is 1.86 bits per heavy atom. The van der Waals surface area contributed by atoms with E-state index >= 15 is 0 Å². The zero-order valence-corrected chi connectivity index (χ0v) is 11.6. The van der Waals surface area contributed by atoms with E-state index in [0.717, 1.165) is 6.92 Å². The summed E-state index contributed by atoms with van der Waals surface area (Å²) < 4.78 is 9.83. The van der Waals surface area contributed by atoms with E-state index in [9.17, 15) is 14.4 Å². The molecule has 1 atom stereocenters. The summed E-state index contributed by atoms with van der Waals surface area (Å²) in [5, 5.41) is 11.3. The van der Waals surface area contributed by atoms with E-state index in [4.69, 9.17) is 20.3 Å². The smallest absolute Gasteiger partial charge is 0.308 e. The van der Waals surface area contributed by atoms with Gasteiger partial charge in [-0.15, -0.1) is 0 Å². The van der Waals surface area contributed by atoms with E-state index in [2.05, 4.69) is 5.32 Å². The number of aliphatic hydroxyl groups excluding tert-OH is 1. The van der Waals surface area contributed by atoms with Crippen LogP contribution in [0.5, 0.6) is 11.5 Å². The fraction of sp³-hybridized carbons (Fsp3) is 0.308. The molecule has 0 spiro atoms. The van der Waals surface area contributed by atoms with Gasteiger partial charge in [-0.25, -0.2) is 0 Å². The number of rotatable bonds is 5. The van der Waals surface area contributed by atoms with Crippen molar-refractivity contribution in [2.24, 2.45) is 5.73 Å². The molecule has 8 nitrogen and oxygen atoms in total. The summed E-state index contributed by atoms with van der Waals surface area (Å²) in [4.78, 5) is 34.2. The number of nitrogens with two attached hydrogens (primary N) is 1. The van der Waals surface area contributed by atoms with Crippen LogP contribution in [0.1, 0.15) is 24.2 Å². The van der Waals surface area contributed by atoms with Crippen molar-refractivity contribution in [3.05, 3.63) is 23.8 Å². The molecule has 0 aliphatic heterocycles. The van der Waals surface area contributed by atoms with Crippen LogP contribution in [0.3, 0.4) is 0 Å². The first kappa shape index (κ1) is 16.6. The van der Waals surface area contributed by atoms with E-state index in [1.165, 1.54) is 25.1 Å². The molecule has 1 rings (SSSR count). The number of hydrogen-bond donors (Lipinski definition) is 3. The molecule has 0 bridgehead atoms. The van der Waals surface area contributed by atoms with Gasteiger partial charge in [-0.3, -0.25) is 14.4 Å². The Bertz CT molecular complexity index is 556. The number of aliphatic hydroxyl groups is 1. The first-order valence-electron chi connectivity index (χ1n) is 6.03. The van der Waals surface area contributed by atoms with Crippen molar-refractivity contribution in [1.29, 1.82) is 0 Å². The maximum atomic E-state index is 12.0. The maximum Gasteiger partial charge on any atom is 0.308 e. The van der Waals surface area contributed by atoms with Crippen molar-refractivity contribution in [3.63, 3.8) is 0 Å². The molecule has 8 heteroatoms. The van der Waals surface area contributed by atoms with Crippen LogP contribution >= 0.6 is 0 Å². The topological polar surface area (TPSA) is 128 Å². The number of amides is 1. The van der Waals surface area contributed by atoms with E-state index in [1.807, 2.05) is 0 Å². The third kappa shape index (κ3) is 5.21. The summed E-state index contributed by atoms with van der Waals surface area (Å²) in [6, 6.07) is 4.22. The number of ether oxygens (including phenoxy) is 2. The van der Waals surface area contributed by atoms with Gasteiger partial charge in [-0.1, -0.05) is 6.07 Å². The number of nitrogens with one attached hydrogen (secondary N) is 1. The van der Waals surface area contributed by atoms with Gasteiger partial charge < -0.3 is 25.6 Å². The van der Waals surface area contributed by atoms with Gasteiger partial charge in [-0.05, 0) is 12.1 Å². The van der Waals surface area contributed by atoms with Crippen molar-refractivity contribution >= 4 is 17.8 Å². The van der Waals surface area contributed by atoms with Crippen molar-refractivity contribution < 1.29 is 29.0 Å². The second-order valence-electron chi connectivity index (χ2n) is 4.10. The quantitative estimate of drug-likeness (QED) is 0.381. The molecular formula is C13H16N2O6. The SMILES string of the molecule is CC(=O)Oc1cccc(C(=O)NCC(N)O)c1OC(C)=O. The number of esters is 2. The first-order valence-corrected chi connectivity index (χ1v) is 6.03. The van der Waals surface area contributed by atoms with Crippen LogP contribution in [-0.4, -0.2) is 35.7 Å². The monoisotopic (exact) mass is 296 g/mol. The molecule has 0 aliphatic rings. The molecule has 1 aromatic carbocycles. The predicted octanol–water partition coefficient (Wildman–Crippen LogP) is -0.456. The second kappa shape index (κ2) is 7.36. The van der Waals surface area contributed by atoms with Crippen LogP contribution in [0.15, 0.2) is 18.2 Å². The van der Waals surface area contributed by atoms with Crippen LogP contribution in [0.25, 0.3) is 0 Å². The number of hydrogen-bond acceptors (Lipinski definition) is 7. The number of para-hydroxylation sites is 1. The molecule has 1 aromatic rings. The van der Waals surface area contributed by atoms with Crippen LogP contribution in [0.2, 0.25) is 0 Å².